The number of nitrogens with two attached hydrogens (primary N) is 1. The van der Waals surface area contributed by atoms with Crippen molar-refractivity contribution in [3.05, 3.63) is 29.8 Å². The Morgan fingerprint density at radius 3 is 2.29 bits per heavy atom. The first-order chi connectivity index (χ1) is 6.69. The maximum atomic E-state index is 9.60. The molecule has 0 spiro atoms. The summed E-state index contributed by atoms with van der Waals surface area (Å²) in [5.41, 5.74) is 3.87. The van der Waals surface area contributed by atoms with Crippen LogP contribution in [0.4, 0.5) is 5.69 Å². The average molecular weight is 214 g/mol. The maximum Gasteiger partial charge on any atom is 0.106 e. The molecule has 0 aliphatic carbocycles. The predicted molar refractivity (Wildman–Crippen MR) is 59.1 cm³/mol. The molecule has 5 heteroatoms. The first-order valence-electron chi connectivity index (χ1n) is 4.22. The Bertz CT molecular complexity index is 279. The van der Waals surface area contributed by atoms with Crippen molar-refractivity contribution in [2.24, 2.45) is 5.84 Å². The van der Waals surface area contributed by atoms with E-state index in [1.54, 1.807) is 24.3 Å². The molecule has 78 valence electrons. The number of nitrogens with one attached hydrogen (secondary N) is 1. The van der Waals surface area contributed by atoms with E-state index in [9.17, 15) is 10.2 Å². The fourth-order valence-corrected chi connectivity index (χ4v) is 1.30. The third kappa shape index (κ3) is 2.62. The van der Waals surface area contributed by atoms with E-state index in [0.717, 1.165) is 5.69 Å². The lowest BCUT2D eigenvalue weighted by atomic mass is 10.1. The van der Waals surface area contributed by atoms with Gasteiger partial charge in [-0.3, -0.25) is 5.84 Å². The molecule has 0 radical (unpaired) electrons. The molecule has 5 N–H and O–H groups in total. The highest BCUT2D eigenvalue weighted by atomic mass is 32.1. The van der Waals surface area contributed by atoms with Crippen LogP contribution < -0.4 is 11.3 Å². The zero-order chi connectivity index (χ0) is 10.6. The fourth-order valence-electron chi connectivity index (χ4n) is 1.10. The Labute approximate surface area is 88.1 Å². The van der Waals surface area contributed by atoms with Crippen LogP contribution in [0.15, 0.2) is 24.3 Å². The first kappa shape index (κ1) is 11.3. The lowest BCUT2D eigenvalue weighted by Gasteiger charge is -2.16. The van der Waals surface area contributed by atoms with Crippen LogP contribution in [-0.2, 0) is 0 Å². The van der Waals surface area contributed by atoms with Gasteiger partial charge in [-0.25, -0.2) is 0 Å². The highest BCUT2D eigenvalue weighted by molar-refractivity contribution is 7.80. The maximum absolute atomic E-state index is 9.60. The molecule has 14 heavy (non-hydrogen) atoms. The molecule has 2 unspecified atom stereocenters. The Hall–Kier alpha value is -0.750. The summed E-state index contributed by atoms with van der Waals surface area (Å²) in [6, 6.07) is 6.85. The van der Waals surface area contributed by atoms with Gasteiger partial charge < -0.3 is 15.6 Å². The highest BCUT2D eigenvalue weighted by Crippen LogP contribution is 2.19. The van der Waals surface area contributed by atoms with Gasteiger partial charge in [0.05, 0.1) is 6.10 Å². The van der Waals surface area contributed by atoms with Gasteiger partial charge in [0.25, 0.3) is 0 Å². The summed E-state index contributed by atoms with van der Waals surface area (Å²) >= 11 is 3.90. The van der Waals surface area contributed by atoms with E-state index in [2.05, 4.69) is 18.1 Å². The Morgan fingerprint density at radius 2 is 1.86 bits per heavy atom. The van der Waals surface area contributed by atoms with Gasteiger partial charge in [-0.1, -0.05) is 12.1 Å². The number of aliphatic hydroxyl groups is 2. The van der Waals surface area contributed by atoms with Crippen LogP contribution in [0, 0.1) is 0 Å². The number of rotatable bonds is 4. The summed E-state index contributed by atoms with van der Waals surface area (Å²) in [6.07, 6.45) is -1.76. The molecule has 0 saturated carbocycles. The van der Waals surface area contributed by atoms with Crippen molar-refractivity contribution < 1.29 is 10.2 Å². The van der Waals surface area contributed by atoms with Crippen molar-refractivity contribution >= 4 is 18.3 Å². The third-order valence-electron chi connectivity index (χ3n) is 1.97. The van der Waals surface area contributed by atoms with E-state index < -0.39 is 12.2 Å². The number of aliphatic hydroxyl groups excluding tert-OH is 2. The van der Waals surface area contributed by atoms with E-state index in [-0.39, 0.29) is 5.75 Å². The number of thiol groups is 1. The van der Waals surface area contributed by atoms with Crippen LogP contribution in [0.1, 0.15) is 11.7 Å². The summed E-state index contributed by atoms with van der Waals surface area (Å²) in [5, 5.41) is 18.9. The van der Waals surface area contributed by atoms with Gasteiger partial charge in [0, 0.05) is 11.4 Å². The van der Waals surface area contributed by atoms with E-state index in [0.29, 0.717) is 5.56 Å². The standard InChI is InChI=1S/C9H14N2O2S/c10-11-7-3-1-6(2-4-7)9(13)8(12)5-14/h1-4,8-9,11-14H,5,10H2. The molecule has 0 aliphatic rings. The summed E-state index contributed by atoms with van der Waals surface area (Å²) < 4.78 is 0. The van der Waals surface area contributed by atoms with Gasteiger partial charge >= 0.3 is 0 Å². The van der Waals surface area contributed by atoms with Crippen LogP contribution in [0.3, 0.4) is 0 Å². The molecule has 1 rings (SSSR count). The molecule has 0 bridgehead atoms. The summed E-state index contributed by atoms with van der Waals surface area (Å²) in [5.74, 6) is 5.41. The SMILES string of the molecule is NNc1ccc(C(O)C(O)CS)cc1. The molecule has 2 atom stereocenters. The van der Waals surface area contributed by atoms with Gasteiger partial charge in [0.2, 0.25) is 0 Å². The van der Waals surface area contributed by atoms with E-state index in [1.807, 2.05) is 0 Å². The van der Waals surface area contributed by atoms with E-state index in [1.165, 1.54) is 0 Å². The molecule has 0 aliphatic heterocycles. The number of hydrogen-bond donors (Lipinski definition) is 5. The number of nitrogen functional groups attached to an aromatic ring is 1. The van der Waals surface area contributed by atoms with Crippen molar-refractivity contribution in [3.63, 3.8) is 0 Å². The van der Waals surface area contributed by atoms with E-state index >= 15 is 0 Å². The molecular weight excluding hydrogens is 200 g/mol. The Morgan fingerprint density at radius 1 is 1.29 bits per heavy atom. The molecule has 0 saturated heterocycles. The normalized spacial score (nSPS) is 14.9. The second-order valence-electron chi connectivity index (χ2n) is 2.96. The minimum absolute atomic E-state index is 0.220. The van der Waals surface area contributed by atoms with Gasteiger partial charge in [-0.05, 0) is 17.7 Å². The Kier molecular flexibility index (Phi) is 4.21. The first-order valence-corrected chi connectivity index (χ1v) is 4.86. The summed E-state index contributed by atoms with van der Waals surface area (Å²) in [7, 11) is 0. The monoisotopic (exact) mass is 214 g/mol. The fraction of sp³-hybridized carbons (Fsp3) is 0.333. The van der Waals surface area contributed by atoms with Crippen molar-refractivity contribution in [1.29, 1.82) is 0 Å². The van der Waals surface area contributed by atoms with Crippen molar-refractivity contribution in [1.82, 2.24) is 0 Å². The van der Waals surface area contributed by atoms with E-state index in [4.69, 9.17) is 5.84 Å². The molecule has 1 aromatic carbocycles. The molecule has 4 nitrogen and oxygen atoms in total. The zero-order valence-electron chi connectivity index (χ0n) is 7.59. The predicted octanol–water partition coefficient (Wildman–Crippen LogP) is 0.296. The van der Waals surface area contributed by atoms with Crippen LogP contribution in [0.5, 0.6) is 0 Å². The van der Waals surface area contributed by atoms with Gasteiger partial charge in [0.15, 0.2) is 0 Å². The highest BCUT2D eigenvalue weighted by Gasteiger charge is 2.16. The largest absolute Gasteiger partial charge is 0.389 e. The smallest absolute Gasteiger partial charge is 0.106 e. The Balaban J connectivity index is 2.75. The van der Waals surface area contributed by atoms with Crippen LogP contribution in [0.2, 0.25) is 0 Å². The van der Waals surface area contributed by atoms with Crippen molar-refractivity contribution in [2.75, 3.05) is 11.2 Å². The molecule has 0 heterocycles. The quantitative estimate of drug-likeness (QED) is 0.284. The van der Waals surface area contributed by atoms with Crippen LogP contribution in [-0.4, -0.2) is 22.1 Å². The minimum Gasteiger partial charge on any atom is -0.389 e. The molecule has 0 amide bonds. The zero-order valence-corrected chi connectivity index (χ0v) is 8.48. The molecule has 0 aromatic heterocycles. The van der Waals surface area contributed by atoms with Crippen LogP contribution in [0.25, 0.3) is 0 Å². The molecule has 0 fully saturated rings. The number of hydrogen-bond acceptors (Lipinski definition) is 5. The molecule has 1 aromatic rings. The van der Waals surface area contributed by atoms with Crippen molar-refractivity contribution in [2.45, 2.75) is 12.2 Å². The van der Waals surface area contributed by atoms with Gasteiger partial charge in [0.1, 0.15) is 6.10 Å². The number of benzene rings is 1. The second-order valence-corrected chi connectivity index (χ2v) is 3.33. The van der Waals surface area contributed by atoms with Gasteiger partial charge in [-0.15, -0.1) is 0 Å². The third-order valence-corrected chi connectivity index (χ3v) is 2.34. The summed E-state index contributed by atoms with van der Waals surface area (Å²) in [6.45, 7) is 0. The average Bonchev–Trinajstić information content (AvgIpc) is 2.27. The molecular formula is C9H14N2O2S. The lowest BCUT2D eigenvalue weighted by Crippen LogP contribution is -2.19. The topological polar surface area (TPSA) is 78.5 Å². The summed E-state index contributed by atoms with van der Waals surface area (Å²) in [4.78, 5) is 0. The second kappa shape index (κ2) is 5.21. The van der Waals surface area contributed by atoms with Crippen molar-refractivity contribution in [3.8, 4) is 0 Å². The number of anilines is 1. The van der Waals surface area contributed by atoms with Crippen LogP contribution >= 0.6 is 12.6 Å². The minimum atomic E-state index is -0.903. The lowest BCUT2D eigenvalue weighted by molar-refractivity contribution is 0.0338. The number of hydrazine groups is 1. The van der Waals surface area contributed by atoms with Gasteiger partial charge in [-0.2, -0.15) is 12.6 Å².